The fourth-order valence-electron chi connectivity index (χ4n) is 1.38. The summed E-state index contributed by atoms with van der Waals surface area (Å²) in [6.07, 6.45) is 3.46. The van der Waals surface area contributed by atoms with E-state index in [0.717, 1.165) is 11.1 Å². The topological polar surface area (TPSA) is 83.6 Å². The van der Waals surface area contributed by atoms with Gasteiger partial charge in [-0.25, -0.2) is 4.98 Å². The first-order valence-electron chi connectivity index (χ1n) is 5.23. The number of aryl methyl sites for hydroxylation is 2. The normalized spacial score (nSPS) is 10.2. The number of rotatable bonds is 3. The Kier molecular flexibility index (Phi) is 3.13. The number of H-pyrrole nitrogens is 1. The Balaban J connectivity index is 1.99. The van der Waals surface area contributed by atoms with Crippen LogP contribution in [0.2, 0.25) is 0 Å². The Labute approximate surface area is 98.5 Å². The molecule has 6 heteroatoms. The van der Waals surface area contributed by atoms with Gasteiger partial charge in [-0.05, 0) is 31.0 Å². The van der Waals surface area contributed by atoms with Gasteiger partial charge in [0.25, 0.3) is 5.91 Å². The number of pyridine rings is 1. The highest BCUT2D eigenvalue weighted by molar-refractivity contribution is 5.90. The third-order valence-corrected chi connectivity index (χ3v) is 2.39. The van der Waals surface area contributed by atoms with Crippen LogP contribution in [-0.2, 0) is 6.54 Å². The summed E-state index contributed by atoms with van der Waals surface area (Å²) in [6.45, 7) is 4.14. The quantitative estimate of drug-likeness (QED) is 0.816. The molecule has 0 aromatic carbocycles. The molecule has 17 heavy (non-hydrogen) atoms. The van der Waals surface area contributed by atoms with Crippen molar-refractivity contribution in [2.75, 3.05) is 0 Å². The summed E-state index contributed by atoms with van der Waals surface area (Å²) in [5, 5.41) is 9.16. The van der Waals surface area contributed by atoms with Gasteiger partial charge in [-0.1, -0.05) is 0 Å². The zero-order valence-corrected chi connectivity index (χ0v) is 9.69. The van der Waals surface area contributed by atoms with Crippen LogP contribution in [0.1, 0.15) is 27.6 Å². The maximum absolute atomic E-state index is 11.7. The number of amides is 1. The van der Waals surface area contributed by atoms with Gasteiger partial charge in [-0.15, -0.1) is 5.10 Å². The number of hydrogen-bond donors (Lipinski definition) is 2. The van der Waals surface area contributed by atoms with Gasteiger partial charge < -0.3 is 5.32 Å². The minimum atomic E-state index is -0.294. The molecule has 0 bridgehead atoms. The van der Waals surface area contributed by atoms with Crippen LogP contribution >= 0.6 is 0 Å². The van der Waals surface area contributed by atoms with Crippen molar-refractivity contribution in [2.45, 2.75) is 20.4 Å². The summed E-state index contributed by atoms with van der Waals surface area (Å²) in [7, 11) is 0. The van der Waals surface area contributed by atoms with Crippen molar-refractivity contribution in [2.24, 2.45) is 0 Å². The molecule has 0 aliphatic heterocycles. The predicted octanol–water partition coefficient (Wildman–Crippen LogP) is 0.747. The minimum absolute atomic E-state index is 0.157. The van der Waals surface area contributed by atoms with Crippen LogP contribution in [0, 0.1) is 13.8 Å². The Morgan fingerprint density at radius 2 is 2.29 bits per heavy atom. The molecule has 2 aromatic heterocycles. The van der Waals surface area contributed by atoms with Crippen molar-refractivity contribution in [3.63, 3.8) is 0 Å². The Hall–Kier alpha value is -2.24. The monoisotopic (exact) mass is 231 g/mol. The molecule has 6 nitrogen and oxygen atoms in total. The molecule has 0 saturated carbocycles. The van der Waals surface area contributed by atoms with Crippen LogP contribution in [0.15, 0.2) is 18.5 Å². The first kappa shape index (κ1) is 11.3. The second-order valence-corrected chi connectivity index (χ2v) is 3.73. The maximum atomic E-state index is 11.7. The van der Waals surface area contributed by atoms with Crippen LogP contribution < -0.4 is 5.32 Å². The van der Waals surface area contributed by atoms with Gasteiger partial charge in [0.15, 0.2) is 0 Å². The van der Waals surface area contributed by atoms with Crippen LogP contribution in [-0.4, -0.2) is 26.1 Å². The van der Waals surface area contributed by atoms with Crippen molar-refractivity contribution in [1.82, 2.24) is 25.5 Å². The van der Waals surface area contributed by atoms with Gasteiger partial charge in [0.2, 0.25) is 5.82 Å². The third kappa shape index (κ3) is 2.66. The molecular weight excluding hydrogens is 218 g/mol. The molecule has 2 rings (SSSR count). The van der Waals surface area contributed by atoms with Gasteiger partial charge in [0.05, 0.1) is 0 Å². The summed E-state index contributed by atoms with van der Waals surface area (Å²) >= 11 is 0. The van der Waals surface area contributed by atoms with Crippen LogP contribution in [0.5, 0.6) is 0 Å². The van der Waals surface area contributed by atoms with E-state index in [0.29, 0.717) is 12.4 Å². The Bertz CT molecular complexity index is 534. The van der Waals surface area contributed by atoms with E-state index in [1.807, 2.05) is 13.0 Å². The van der Waals surface area contributed by atoms with Gasteiger partial charge in [-0.3, -0.25) is 14.9 Å². The molecule has 2 aromatic rings. The molecule has 0 radical (unpaired) electrons. The minimum Gasteiger partial charge on any atom is -0.345 e. The second-order valence-electron chi connectivity index (χ2n) is 3.73. The summed E-state index contributed by atoms with van der Waals surface area (Å²) < 4.78 is 0. The zero-order chi connectivity index (χ0) is 12.3. The highest BCUT2D eigenvalue weighted by Gasteiger charge is 2.10. The smallest absolute Gasteiger partial charge is 0.291 e. The van der Waals surface area contributed by atoms with Crippen molar-refractivity contribution in [1.29, 1.82) is 0 Å². The summed E-state index contributed by atoms with van der Waals surface area (Å²) in [5.41, 5.74) is 2.07. The Morgan fingerprint density at radius 1 is 1.47 bits per heavy atom. The summed E-state index contributed by atoms with van der Waals surface area (Å²) in [6, 6.07) is 1.90. The van der Waals surface area contributed by atoms with E-state index in [4.69, 9.17) is 0 Å². The molecular formula is C11H13N5O. The fourth-order valence-corrected chi connectivity index (χ4v) is 1.38. The molecule has 1 amide bonds. The average Bonchev–Trinajstić information content (AvgIpc) is 2.74. The lowest BCUT2D eigenvalue weighted by Crippen LogP contribution is -2.24. The molecule has 88 valence electrons. The number of carbonyl (C=O) groups is 1. The van der Waals surface area contributed by atoms with E-state index in [2.05, 4.69) is 25.5 Å². The van der Waals surface area contributed by atoms with E-state index in [-0.39, 0.29) is 11.7 Å². The van der Waals surface area contributed by atoms with Crippen LogP contribution in [0.4, 0.5) is 0 Å². The molecule has 0 aliphatic carbocycles. The van der Waals surface area contributed by atoms with E-state index in [1.54, 1.807) is 19.3 Å². The molecule has 0 atom stereocenters. The average molecular weight is 231 g/mol. The highest BCUT2D eigenvalue weighted by atomic mass is 16.2. The standard InChI is InChI=1S/C11H13N5O/c1-7-3-4-12-5-9(7)6-13-11(17)10-14-8(2)15-16-10/h3-5H,6H2,1-2H3,(H,13,17)(H,14,15,16). The fraction of sp³-hybridized carbons (Fsp3) is 0.273. The van der Waals surface area contributed by atoms with E-state index >= 15 is 0 Å². The molecule has 2 heterocycles. The van der Waals surface area contributed by atoms with E-state index in [9.17, 15) is 4.79 Å². The maximum Gasteiger partial charge on any atom is 0.291 e. The number of aromatic amines is 1. The van der Waals surface area contributed by atoms with Gasteiger partial charge in [0, 0.05) is 18.9 Å². The number of hydrogen-bond acceptors (Lipinski definition) is 4. The lowest BCUT2D eigenvalue weighted by atomic mass is 10.1. The highest BCUT2D eigenvalue weighted by Crippen LogP contribution is 2.04. The number of nitrogens with zero attached hydrogens (tertiary/aromatic N) is 3. The van der Waals surface area contributed by atoms with E-state index in [1.165, 1.54) is 0 Å². The van der Waals surface area contributed by atoms with Crippen molar-refractivity contribution in [3.05, 3.63) is 41.2 Å². The lowest BCUT2D eigenvalue weighted by Gasteiger charge is -2.05. The van der Waals surface area contributed by atoms with Crippen LogP contribution in [0.25, 0.3) is 0 Å². The summed E-state index contributed by atoms with van der Waals surface area (Å²) in [5.74, 6) is 0.481. The van der Waals surface area contributed by atoms with Crippen molar-refractivity contribution in [3.8, 4) is 0 Å². The summed E-state index contributed by atoms with van der Waals surface area (Å²) in [4.78, 5) is 19.6. The first-order chi connectivity index (χ1) is 8.16. The van der Waals surface area contributed by atoms with Crippen molar-refractivity contribution < 1.29 is 4.79 Å². The second kappa shape index (κ2) is 4.73. The van der Waals surface area contributed by atoms with Gasteiger partial charge >= 0.3 is 0 Å². The van der Waals surface area contributed by atoms with E-state index < -0.39 is 0 Å². The first-order valence-corrected chi connectivity index (χ1v) is 5.23. The molecule has 0 fully saturated rings. The Morgan fingerprint density at radius 3 is 2.94 bits per heavy atom. The molecule has 0 unspecified atom stereocenters. The lowest BCUT2D eigenvalue weighted by molar-refractivity contribution is 0.0941. The van der Waals surface area contributed by atoms with Gasteiger partial charge in [0.1, 0.15) is 5.82 Å². The zero-order valence-electron chi connectivity index (χ0n) is 9.69. The number of nitrogens with one attached hydrogen (secondary N) is 2. The predicted molar refractivity (Wildman–Crippen MR) is 61.3 cm³/mol. The largest absolute Gasteiger partial charge is 0.345 e. The molecule has 0 aliphatic rings. The molecule has 0 saturated heterocycles. The van der Waals surface area contributed by atoms with Crippen molar-refractivity contribution >= 4 is 5.91 Å². The number of aromatic nitrogens is 4. The number of carbonyl (C=O) groups excluding carboxylic acids is 1. The SMILES string of the molecule is Cc1nc(C(=O)NCc2cnccc2C)n[nH]1. The molecule has 0 spiro atoms. The van der Waals surface area contributed by atoms with Crippen LogP contribution in [0.3, 0.4) is 0 Å². The third-order valence-electron chi connectivity index (χ3n) is 2.39. The van der Waals surface area contributed by atoms with Gasteiger partial charge in [-0.2, -0.15) is 0 Å². The molecule has 2 N–H and O–H groups in total.